The molecule has 0 heterocycles. The molecule has 4 nitrogen and oxygen atoms in total. The molecule has 1 aliphatic carbocycles. The van der Waals surface area contributed by atoms with E-state index in [9.17, 15) is 4.79 Å². The highest BCUT2D eigenvalue weighted by Crippen LogP contribution is 2.33. The quantitative estimate of drug-likeness (QED) is 0.725. The van der Waals surface area contributed by atoms with Crippen molar-refractivity contribution in [1.29, 1.82) is 0 Å². The highest BCUT2D eigenvalue weighted by atomic mass is 35.5. The summed E-state index contributed by atoms with van der Waals surface area (Å²) < 4.78 is 10.6. The Morgan fingerprint density at radius 3 is 2.62 bits per heavy atom. The molecule has 116 valence electrons. The lowest BCUT2D eigenvalue weighted by Gasteiger charge is -2.38. The Labute approximate surface area is 131 Å². The van der Waals surface area contributed by atoms with Crippen molar-refractivity contribution < 1.29 is 14.3 Å². The molecule has 1 aliphatic rings. The maximum absolute atomic E-state index is 12.9. The van der Waals surface area contributed by atoms with Crippen molar-refractivity contribution in [3.8, 4) is 11.5 Å². The number of alkyl halides is 1. The normalized spacial score (nSPS) is 14.4. The van der Waals surface area contributed by atoms with Crippen molar-refractivity contribution in [2.45, 2.75) is 31.7 Å². The van der Waals surface area contributed by atoms with Gasteiger partial charge in [-0.3, -0.25) is 4.79 Å². The van der Waals surface area contributed by atoms with Gasteiger partial charge in [-0.1, -0.05) is 6.07 Å². The van der Waals surface area contributed by atoms with Crippen LogP contribution in [0.4, 0.5) is 0 Å². The monoisotopic (exact) mass is 311 g/mol. The zero-order chi connectivity index (χ0) is 15.2. The number of nitrogens with zero attached hydrogens (tertiary/aromatic N) is 1. The molecule has 0 saturated heterocycles. The zero-order valence-corrected chi connectivity index (χ0v) is 13.4. The number of halogens is 1. The summed E-state index contributed by atoms with van der Waals surface area (Å²) in [5.74, 6) is 1.64. The Bertz CT molecular complexity index is 488. The van der Waals surface area contributed by atoms with Crippen molar-refractivity contribution in [3.63, 3.8) is 0 Å². The van der Waals surface area contributed by atoms with E-state index in [-0.39, 0.29) is 5.91 Å². The largest absolute Gasteiger partial charge is 0.493 e. The number of amides is 1. The van der Waals surface area contributed by atoms with E-state index in [2.05, 4.69) is 0 Å². The topological polar surface area (TPSA) is 38.8 Å². The SMILES string of the molecule is COc1cccc(C(=O)N(CCCCl)C2CCC2)c1OC. The number of hydrogen-bond donors (Lipinski definition) is 0. The van der Waals surface area contributed by atoms with Gasteiger partial charge in [-0.15, -0.1) is 11.6 Å². The third-order valence-corrected chi connectivity index (χ3v) is 4.21. The second-order valence-corrected chi connectivity index (χ2v) is 5.54. The molecule has 21 heavy (non-hydrogen) atoms. The smallest absolute Gasteiger partial charge is 0.258 e. The summed E-state index contributed by atoms with van der Waals surface area (Å²) in [6.45, 7) is 0.688. The second-order valence-electron chi connectivity index (χ2n) is 5.17. The van der Waals surface area contributed by atoms with E-state index in [0.29, 0.717) is 35.5 Å². The highest BCUT2D eigenvalue weighted by Gasteiger charge is 2.30. The summed E-state index contributed by atoms with van der Waals surface area (Å²) in [7, 11) is 3.13. The van der Waals surface area contributed by atoms with Crippen LogP contribution in [0.1, 0.15) is 36.0 Å². The Kier molecular flexibility index (Phi) is 5.74. The van der Waals surface area contributed by atoms with Gasteiger partial charge in [-0.25, -0.2) is 0 Å². The number of rotatable bonds is 7. The molecule has 1 aromatic rings. The lowest BCUT2D eigenvalue weighted by molar-refractivity contribution is 0.0577. The average Bonchev–Trinajstić information content (AvgIpc) is 2.47. The number of benzene rings is 1. The molecule has 2 rings (SSSR count). The molecule has 0 aromatic heterocycles. The van der Waals surface area contributed by atoms with E-state index < -0.39 is 0 Å². The molecule has 0 unspecified atom stereocenters. The predicted molar refractivity (Wildman–Crippen MR) is 83.6 cm³/mol. The van der Waals surface area contributed by atoms with Gasteiger partial charge in [-0.05, 0) is 37.8 Å². The van der Waals surface area contributed by atoms with Gasteiger partial charge in [-0.2, -0.15) is 0 Å². The average molecular weight is 312 g/mol. The number of ether oxygens (including phenoxy) is 2. The van der Waals surface area contributed by atoms with Crippen LogP contribution in [0.3, 0.4) is 0 Å². The van der Waals surface area contributed by atoms with E-state index in [1.807, 2.05) is 11.0 Å². The summed E-state index contributed by atoms with van der Waals surface area (Å²) in [6, 6.07) is 5.73. The van der Waals surface area contributed by atoms with Gasteiger partial charge >= 0.3 is 0 Å². The van der Waals surface area contributed by atoms with Gasteiger partial charge in [0.15, 0.2) is 11.5 Å². The van der Waals surface area contributed by atoms with Crippen molar-refractivity contribution in [2.24, 2.45) is 0 Å². The number of hydrogen-bond acceptors (Lipinski definition) is 3. The first-order valence-electron chi connectivity index (χ1n) is 7.30. The number of methoxy groups -OCH3 is 2. The molecular formula is C16H22ClNO3. The molecule has 1 fully saturated rings. The molecule has 0 spiro atoms. The van der Waals surface area contributed by atoms with Crippen LogP contribution < -0.4 is 9.47 Å². The van der Waals surface area contributed by atoms with E-state index >= 15 is 0 Å². The lowest BCUT2D eigenvalue weighted by atomic mass is 9.90. The molecule has 0 bridgehead atoms. The third kappa shape index (κ3) is 3.43. The van der Waals surface area contributed by atoms with E-state index in [0.717, 1.165) is 19.3 Å². The number of carbonyl (C=O) groups is 1. The Morgan fingerprint density at radius 1 is 1.33 bits per heavy atom. The molecule has 0 aliphatic heterocycles. The second kappa shape index (κ2) is 7.55. The van der Waals surface area contributed by atoms with Crippen LogP contribution in [0.2, 0.25) is 0 Å². The molecule has 5 heteroatoms. The fourth-order valence-electron chi connectivity index (χ4n) is 2.59. The Hall–Kier alpha value is -1.42. The van der Waals surface area contributed by atoms with Crippen LogP contribution >= 0.6 is 11.6 Å². The standard InChI is InChI=1S/C16H22ClNO3/c1-20-14-9-4-8-13(15(14)21-2)16(19)18(11-5-10-17)12-6-3-7-12/h4,8-9,12H,3,5-7,10-11H2,1-2H3. The van der Waals surface area contributed by atoms with E-state index in [1.54, 1.807) is 26.4 Å². The van der Waals surface area contributed by atoms with Crippen molar-refractivity contribution >= 4 is 17.5 Å². The maximum atomic E-state index is 12.9. The minimum atomic E-state index is 0.000525. The van der Waals surface area contributed by atoms with Gasteiger partial charge in [0, 0.05) is 18.5 Å². The molecule has 1 amide bonds. The van der Waals surface area contributed by atoms with Crippen molar-refractivity contribution in [2.75, 3.05) is 26.6 Å². The highest BCUT2D eigenvalue weighted by molar-refractivity contribution is 6.17. The van der Waals surface area contributed by atoms with Gasteiger partial charge in [0.1, 0.15) is 0 Å². The lowest BCUT2D eigenvalue weighted by Crippen LogP contribution is -2.45. The van der Waals surface area contributed by atoms with Gasteiger partial charge < -0.3 is 14.4 Å². The molecule has 0 atom stereocenters. The minimum absolute atomic E-state index is 0.000525. The first kappa shape index (κ1) is 16.0. The van der Waals surface area contributed by atoms with Crippen LogP contribution in [-0.2, 0) is 0 Å². The van der Waals surface area contributed by atoms with Crippen LogP contribution in [0, 0.1) is 0 Å². The summed E-state index contributed by atoms with van der Waals surface area (Å²) >= 11 is 5.79. The van der Waals surface area contributed by atoms with Crippen molar-refractivity contribution in [1.82, 2.24) is 4.90 Å². The third-order valence-electron chi connectivity index (χ3n) is 3.94. The zero-order valence-electron chi connectivity index (χ0n) is 12.6. The fraction of sp³-hybridized carbons (Fsp3) is 0.562. The maximum Gasteiger partial charge on any atom is 0.258 e. The van der Waals surface area contributed by atoms with Crippen LogP contribution in [0.5, 0.6) is 11.5 Å². The predicted octanol–water partition coefficient (Wildman–Crippen LogP) is 3.33. The van der Waals surface area contributed by atoms with Crippen LogP contribution in [-0.4, -0.2) is 43.5 Å². The van der Waals surface area contributed by atoms with Gasteiger partial charge in [0.25, 0.3) is 5.91 Å². The summed E-state index contributed by atoms with van der Waals surface area (Å²) in [6.07, 6.45) is 4.13. The first-order valence-corrected chi connectivity index (χ1v) is 7.84. The Balaban J connectivity index is 2.27. The Morgan fingerprint density at radius 2 is 2.10 bits per heavy atom. The molecular weight excluding hydrogens is 290 g/mol. The van der Waals surface area contributed by atoms with Gasteiger partial charge in [0.2, 0.25) is 0 Å². The fourth-order valence-corrected chi connectivity index (χ4v) is 2.71. The molecule has 1 aromatic carbocycles. The summed E-state index contributed by atoms with van der Waals surface area (Å²) in [5.41, 5.74) is 0.554. The van der Waals surface area contributed by atoms with E-state index in [1.165, 1.54) is 6.42 Å². The van der Waals surface area contributed by atoms with Gasteiger partial charge in [0.05, 0.1) is 19.8 Å². The molecule has 0 radical (unpaired) electrons. The summed E-state index contributed by atoms with van der Waals surface area (Å²) in [5, 5.41) is 0. The molecule has 0 N–H and O–H groups in total. The van der Waals surface area contributed by atoms with Crippen LogP contribution in [0.15, 0.2) is 18.2 Å². The minimum Gasteiger partial charge on any atom is -0.493 e. The number of para-hydroxylation sites is 1. The number of carbonyl (C=O) groups excluding carboxylic acids is 1. The van der Waals surface area contributed by atoms with Crippen LogP contribution in [0.25, 0.3) is 0 Å². The van der Waals surface area contributed by atoms with Crippen molar-refractivity contribution in [3.05, 3.63) is 23.8 Å². The molecule has 1 saturated carbocycles. The first-order chi connectivity index (χ1) is 10.2. The van der Waals surface area contributed by atoms with E-state index in [4.69, 9.17) is 21.1 Å². The summed E-state index contributed by atoms with van der Waals surface area (Å²) in [4.78, 5) is 14.8.